The van der Waals surface area contributed by atoms with Gasteiger partial charge in [0.2, 0.25) is 0 Å². The van der Waals surface area contributed by atoms with E-state index in [1.165, 1.54) is 0 Å². The highest BCUT2D eigenvalue weighted by Gasteiger charge is 2.01. The average Bonchev–Trinajstić information content (AvgIpc) is 2.86. The van der Waals surface area contributed by atoms with Crippen molar-refractivity contribution >= 4 is 5.65 Å². The van der Waals surface area contributed by atoms with E-state index >= 15 is 0 Å². The second-order valence-electron chi connectivity index (χ2n) is 3.68. The smallest absolute Gasteiger partial charge is 0.155 e. The number of benzene rings is 1. The fraction of sp³-hybridized carbons (Fsp3) is 0.0769. The molecule has 17 heavy (non-hydrogen) atoms. The molecule has 0 atom stereocenters. The minimum atomic E-state index is 0.846. The molecule has 0 bridgehead atoms. The molecule has 1 aromatic carbocycles. The zero-order chi connectivity index (χ0) is 11.7. The van der Waals surface area contributed by atoms with Crippen molar-refractivity contribution in [2.24, 2.45) is 0 Å². The average molecular weight is 225 g/mol. The molecule has 0 aliphatic heterocycles. The molecule has 0 N–H and O–H groups in total. The number of aromatic nitrogens is 3. The van der Waals surface area contributed by atoms with Crippen molar-refractivity contribution in [2.45, 2.75) is 0 Å². The summed E-state index contributed by atoms with van der Waals surface area (Å²) in [5.41, 5.74) is 2.84. The third kappa shape index (κ3) is 1.73. The van der Waals surface area contributed by atoms with Crippen LogP contribution in [0.1, 0.15) is 0 Å². The summed E-state index contributed by atoms with van der Waals surface area (Å²) in [6.45, 7) is 0. The predicted molar refractivity (Wildman–Crippen MR) is 65.0 cm³/mol. The number of methoxy groups -OCH3 is 1. The van der Waals surface area contributed by atoms with Gasteiger partial charge in [0.1, 0.15) is 5.75 Å². The van der Waals surface area contributed by atoms with E-state index in [4.69, 9.17) is 4.74 Å². The van der Waals surface area contributed by atoms with Crippen molar-refractivity contribution in [1.29, 1.82) is 0 Å². The van der Waals surface area contributed by atoms with Crippen LogP contribution in [0.5, 0.6) is 5.75 Å². The fourth-order valence-corrected chi connectivity index (χ4v) is 1.74. The normalized spacial score (nSPS) is 10.6. The van der Waals surface area contributed by atoms with Gasteiger partial charge in [0, 0.05) is 17.8 Å². The Morgan fingerprint density at radius 3 is 2.65 bits per heavy atom. The molecule has 0 aliphatic rings. The Labute approximate surface area is 98.5 Å². The second kappa shape index (κ2) is 3.90. The molecule has 0 aliphatic carbocycles. The second-order valence-corrected chi connectivity index (χ2v) is 3.68. The summed E-state index contributed by atoms with van der Waals surface area (Å²) in [6, 6.07) is 11.7. The summed E-state index contributed by atoms with van der Waals surface area (Å²) in [5.74, 6) is 0.846. The molecule has 0 saturated heterocycles. The Bertz CT molecular complexity index is 643. The summed E-state index contributed by atoms with van der Waals surface area (Å²) >= 11 is 0. The van der Waals surface area contributed by atoms with Gasteiger partial charge in [-0.1, -0.05) is 0 Å². The molecule has 0 amide bonds. The fourth-order valence-electron chi connectivity index (χ4n) is 1.74. The molecule has 84 valence electrons. The summed E-state index contributed by atoms with van der Waals surface area (Å²) in [7, 11) is 1.66. The molecule has 0 fully saturated rings. The van der Waals surface area contributed by atoms with Crippen LogP contribution in [0.2, 0.25) is 0 Å². The van der Waals surface area contributed by atoms with Crippen LogP contribution in [0.3, 0.4) is 0 Å². The highest BCUT2D eigenvalue weighted by atomic mass is 16.5. The van der Waals surface area contributed by atoms with Crippen LogP contribution >= 0.6 is 0 Å². The molecule has 0 spiro atoms. The van der Waals surface area contributed by atoms with Gasteiger partial charge >= 0.3 is 0 Å². The monoisotopic (exact) mass is 225 g/mol. The van der Waals surface area contributed by atoms with E-state index in [1.54, 1.807) is 17.8 Å². The van der Waals surface area contributed by atoms with Crippen LogP contribution in [-0.2, 0) is 0 Å². The standard InChI is InChI=1S/C13H11N3O/c1-17-11-4-2-10(3-5-11)12-7-9-16-13(15-12)6-8-14-16/h2-9H,1H3. The maximum Gasteiger partial charge on any atom is 0.155 e. The summed E-state index contributed by atoms with van der Waals surface area (Å²) in [6.07, 6.45) is 3.64. The van der Waals surface area contributed by atoms with E-state index in [1.807, 2.05) is 42.6 Å². The highest BCUT2D eigenvalue weighted by molar-refractivity contribution is 5.62. The first-order valence-electron chi connectivity index (χ1n) is 5.31. The van der Waals surface area contributed by atoms with Crippen molar-refractivity contribution in [2.75, 3.05) is 7.11 Å². The Hall–Kier alpha value is -2.36. The zero-order valence-electron chi connectivity index (χ0n) is 9.37. The largest absolute Gasteiger partial charge is 0.497 e. The van der Waals surface area contributed by atoms with Gasteiger partial charge in [-0.3, -0.25) is 0 Å². The molecule has 4 nitrogen and oxygen atoms in total. The molecule has 4 heteroatoms. The number of ether oxygens (including phenoxy) is 1. The van der Waals surface area contributed by atoms with Gasteiger partial charge in [0.15, 0.2) is 5.65 Å². The van der Waals surface area contributed by atoms with Gasteiger partial charge < -0.3 is 4.74 Å². The first-order chi connectivity index (χ1) is 8.36. The first-order valence-corrected chi connectivity index (χ1v) is 5.31. The number of rotatable bonds is 2. The lowest BCUT2D eigenvalue weighted by Gasteiger charge is -2.03. The van der Waals surface area contributed by atoms with Crippen LogP contribution in [-0.4, -0.2) is 21.7 Å². The Morgan fingerprint density at radius 1 is 1.06 bits per heavy atom. The maximum atomic E-state index is 5.13. The third-order valence-electron chi connectivity index (χ3n) is 2.64. The van der Waals surface area contributed by atoms with Crippen LogP contribution < -0.4 is 4.74 Å². The van der Waals surface area contributed by atoms with Crippen molar-refractivity contribution < 1.29 is 4.74 Å². The van der Waals surface area contributed by atoms with Crippen LogP contribution in [0, 0.1) is 0 Å². The minimum Gasteiger partial charge on any atom is -0.497 e. The van der Waals surface area contributed by atoms with E-state index in [-0.39, 0.29) is 0 Å². The van der Waals surface area contributed by atoms with Crippen LogP contribution in [0.15, 0.2) is 48.8 Å². The highest BCUT2D eigenvalue weighted by Crippen LogP contribution is 2.20. The third-order valence-corrected chi connectivity index (χ3v) is 2.64. The van der Waals surface area contributed by atoms with Crippen LogP contribution in [0.25, 0.3) is 16.9 Å². The molecule has 3 rings (SSSR count). The van der Waals surface area contributed by atoms with Crippen molar-refractivity contribution in [3.05, 3.63) is 48.8 Å². The first kappa shape index (κ1) is 9.84. The number of fused-ring (bicyclic) bond motifs is 1. The van der Waals surface area contributed by atoms with E-state index in [2.05, 4.69) is 10.1 Å². The van der Waals surface area contributed by atoms with Crippen molar-refractivity contribution in [3.8, 4) is 17.0 Å². The summed E-state index contributed by atoms with van der Waals surface area (Å²) in [5, 5.41) is 4.12. The number of nitrogens with zero attached hydrogens (tertiary/aromatic N) is 3. The molecule has 2 heterocycles. The van der Waals surface area contributed by atoms with Crippen molar-refractivity contribution in [3.63, 3.8) is 0 Å². The van der Waals surface area contributed by atoms with Gasteiger partial charge in [-0.05, 0) is 30.3 Å². The van der Waals surface area contributed by atoms with Crippen molar-refractivity contribution in [1.82, 2.24) is 14.6 Å². The lowest BCUT2D eigenvalue weighted by Crippen LogP contribution is -1.91. The quantitative estimate of drug-likeness (QED) is 0.672. The van der Waals surface area contributed by atoms with Gasteiger partial charge in [0.05, 0.1) is 19.0 Å². The predicted octanol–water partition coefficient (Wildman–Crippen LogP) is 2.40. The SMILES string of the molecule is COc1ccc(-c2ccn3nccc3n2)cc1. The number of hydrogen-bond acceptors (Lipinski definition) is 3. The molecule has 0 saturated carbocycles. The number of hydrogen-bond donors (Lipinski definition) is 0. The Balaban J connectivity index is 2.06. The Kier molecular flexibility index (Phi) is 2.26. The van der Waals surface area contributed by atoms with Gasteiger partial charge in [-0.15, -0.1) is 0 Å². The van der Waals surface area contributed by atoms with Crippen LogP contribution in [0.4, 0.5) is 0 Å². The van der Waals surface area contributed by atoms with E-state index < -0.39 is 0 Å². The lowest BCUT2D eigenvalue weighted by molar-refractivity contribution is 0.415. The van der Waals surface area contributed by atoms with Gasteiger partial charge in [-0.2, -0.15) is 5.10 Å². The van der Waals surface area contributed by atoms with E-state index in [9.17, 15) is 0 Å². The van der Waals surface area contributed by atoms with E-state index in [0.717, 1.165) is 22.7 Å². The maximum absolute atomic E-state index is 5.13. The van der Waals surface area contributed by atoms with Gasteiger partial charge in [0.25, 0.3) is 0 Å². The molecule has 3 aromatic rings. The van der Waals surface area contributed by atoms with Gasteiger partial charge in [-0.25, -0.2) is 9.50 Å². The molecule has 0 unspecified atom stereocenters. The lowest BCUT2D eigenvalue weighted by atomic mass is 10.1. The Morgan fingerprint density at radius 2 is 1.88 bits per heavy atom. The van der Waals surface area contributed by atoms with E-state index in [0.29, 0.717) is 0 Å². The molecular formula is C13H11N3O. The topological polar surface area (TPSA) is 39.4 Å². The minimum absolute atomic E-state index is 0.846. The molecule has 0 radical (unpaired) electrons. The zero-order valence-corrected chi connectivity index (χ0v) is 9.37. The summed E-state index contributed by atoms with van der Waals surface area (Å²) in [4.78, 5) is 4.52. The summed E-state index contributed by atoms with van der Waals surface area (Å²) < 4.78 is 6.87. The molecule has 2 aromatic heterocycles. The molecular weight excluding hydrogens is 214 g/mol.